The highest BCUT2D eigenvalue weighted by Gasteiger charge is 2.35. The summed E-state index contributed by atoms with van der Waals surface area (Å²) in [4.78, 5) is 0. The first kappa shape index (κ1) is 14.7. The van der Waals surface area contributed by atoms with E-state index in [4.69, 9.17) is 31.5 Å². The van der Waals surface area contributed by atoms with E-state index in [2.05, 4.69) is 0 Å². The van der Waals surface area contributed by atoms with Crippen molar-refractivity contribution in [2.45, 2.75) is 5.92 Å². The van der Waals surface area contributed by atoms with Crippen LogP contribution in [0.1, 0.15) is 17.0 Å². The number of hydrogen-bond acceptors (Lipinski definition) is 5. The summed E-state index contributed by atoms with van der Waals surface area (Å²) in [5.74, 6) is -0.0401. The Bertz CT molecular complexity index is 916. The van der Waals surface area contributed by atoms with Gasteiger partial charge in [0.25, 0.3) is 0 Å². The molecule has 0 spiro atoms. The number of allylic oxidation sites excluding steroid dienone is 1. The Hall–Kier alpha value is -2.91. The summed E-state index contributed by atoms with van der Waals surface area (Å²) >= 11 is 6.21. The second-order valence-corrected chi connectivity index (χ2v) is 5.71. The van der Waals surface area contributed by atoms with E-state index in [0.717, 1.165) is 0 Å². The molecule has 5 nitrogen and oxygen atoms in total. The van der Waals surface area contributed by atoms with Gasteiger partial charge in [0.1, 0.15) is 23.2 Å². The van der Waals surface area contributed by atoms with E-state index in [0.29, 0.717) is 22.8 Å². The molecule has 0 saturated heterocycles. The fourth-order valence-electron chi connectivity index (χ4n) is 2.93. The van der Waals surface area contributed by atoms with Crippen molar-refractivity contribution < 1.29 is 18.6 Å². The lowest BCUT2D eigenvalue weighted by Crippen LogP contribution is -2.21. The summed E-state index contributed by atoms with van der Waals surface area (Å²) < 4.78 is 30.7. The highest BCUT2D eigenvalue weighted by atomic mass is 35.5. The van der Waals surface area contributed by atoms with E-state index in [1.807, 2.05) is 6.07 Å². The lowest BCUT2D eigenvalue weighted by molar-refractivity contribution is 0.174. The Labute approximate surface area is 141 Å². The van der Waals surface area contributed by atoms with Gasteiger partial charge in [-0.25, -0.2) is 4.39 Å². The second kappa shape index (κ2) is 5.32. The predicted molar refractivity (Wildman–Crippen MR) is 83.3 cm³/mol. The number of benzene rings is 2. The summed E-state index contributed by atoms with van der Waals surface area (Å²) in [5.41, 5.74) is 6.67. The quantitative estimate of drug-likeness (QED) is 0.857. The number of halogens is 2. The minimum absolute atomic E-state index is 0.0807. The maximum absolute atomic E-state index is 14.5. The van der Waals surface area contributed by atoms with Gasteiger partial charge >= 0.3 is 0 Å². The lowest BCUT2D eigenvalue weighted by Gasteiger charge is -2.27. The Kier molecular flexibility index (Phi) is 3.25. The monoisotopic (exact) mass is 344 g/mol. The molecule has 0 bridgehead atoms. The van der Waals surface area contributed by atoms with E-state index in [9.17, 15) is 9.65 Å². The van der Waals surface area contributed by atoms with Crippen LogP contribution in [0.2, 0.25) is 5.02 Å². The summed E-state index contributed by atoms with van der Waals surface area (Å²) in [6.45, 7) is 0.0807. The zero-order chi connectivity index (χ0) is 16.8. The van der Waals surface area contributed by atoms with Crippen molar-refractivity contribution in [1.29, 1.82) is 5.26 Å². The molecule has 2 aromatic rings. The van der Waals surface area contributed by atoms with E-state index in [-0.39, 0.29) is 28.8 Å². The van der Waals surface area contributed by atoms with Gasteiger partial charge in [-0.1, -0.05) is 17.7 Å². The summed E-state index contributed by atoms with van der Waals surface area (Å²) in [5, 5.41) is 9.70. The highest BCUT2D eigenvalue weighted by Crippen LogP contribution is 2.49. The van der Waals surface area contributed by atoms with Gasteiger partial charge in [-0.05, 0) is 18.2 Å². The smallest absolute Gasteiger partial charge is 0.231 e. The van der Waals surface area contributed by atoms with Gasteiger partial charge in [-0.3, -0.25) is 0 Å². The molecule has 2 aliphatic heterocycles. The third kappa shape index (κ3) is 2.06. The molecule has 0 radical (unpaired) electrons. The van der Waals surface area contributed by atoms with Crippen LogP contribution in [0.5, 0.6) is 17.2 Å². The normalized spacial score (nSPS) is 18.0. The second-order valence-electron chi connectivity index (χ2n) is 5.30. The van der Waals surface area contributed by atoms with Crippen LogP contribution in [0.25, 0.3) is 0 Å². The molecule has 24 heavy (non-hydrogen) atoms. The number of hydrogen-bond donors (Lipinski definition) is 1. The predicted octanol–water partition coefficient (Wildman–Crippen LogP) is 3.43. The van der Waals surface area contributed by atoms with Crippen molar-refractivity contribution >= 4 is 11.6 Å². The van der Waals surface area contributed by atoms with Crippen LogP contribution in [0.3, 0.4) is 0 Å². The van der Waals surface area contributed by atoms with E-state index in [1.165, 1.54) is 12.1 Å². The minimum Gasteiger partial charge on any atom is -0.454 e. The molecule has 0 aromatic heterocycles. The number of nitrogens with two attached hydrogens (primary N) is 1. The summed E-state index contributed by atoms with van der Waals surface area (Å²) in [7, 11) is 0. The Morgan fingerprint density at radius 2 is 1.96 bits per heavy atom. The van der Waals surface area contributed by atoms with Crippen molar-refractivity contribution in [3.05, 3.63) is 63.8 Å². The molecule has 7 heteroatoms. The molecule has 120 valence electrons. The molecule has 1 unspecified atom stereocenters. The molecule has 2 heterocycles. The van der Waals surface area contributed by atoms with Gasteiger partial charge in [-0.2, -0.15) is 5.26 Å². The third-order valence-electron chi connectivity index (χ3n) is 4.00. The molecule has 0 saturated carbocycles. The summed E-state index contributed by atoms with van der Waals surface area (Å²) in [6, 6.07) is 9.62. The number of nitriles is 1. The molecule has 2 N–H and O–H groups in total. The molecule has 1 atom stereocenters. The topological polar surface area (TPSA) is 77.5 Å². The van der Waals surface area contributed by atoms with Gasteiger partial charge in [0.15, 0.2) is 11.5 Å². The number of ether oxygens (including phenoxy) is 3. The van der Waals surface area contributed by atoms with Gasteiger partial charge in [0, 0.05) is 22.2 Å². The number of fused-ring (bicyclic) bond motifs is 2. The van der Waals surface area contributed by atoms with Crippen LogP contribution in [0.4, 0.5) is 4.39 Å². The van der Waals surface area contributed by atoms with Crippen LogP contribution in [0, 0.1) is 17.1 Å². The zero-order valence-corrected chi connectivity index (χ0v) is 12.9. The molecular weight excluding hydrogens is 335 g/mol. The molecular formula is C17H10ClFN2O3. The maximum Gasteiger partial charge on any atom is 0.231 e. The first-order valence-corrected chi connectivity index (χ1v) is 7.43. The largest absolute Gasteiger partial charge is 0.454 e. The van der Waals surface area contributed by atoms with Crippen molar-refractivity contribution in [2.75, 3.05) is 6.79 Å². The molecule has 0 amide bonds. The molecule has 0 aliphatic carbocycles. The Balaban J connectivity index is 2.00. The average molecular weight is 345 g/mol. The third-order valence-corrected chi connectivity index (χ3v) is 4.33. The van der Waals surface area contributed by atoms with E-state index < -0.39 is 11.7 Å². The van der Waals surface area contributed by atoms with Crippen molar-refractivity contribution in [1.82, 2.24) is 0 Å². The fraction of sp³-hybridized carbons (Fsp3) is 0.118. The van der Waals surface area contributed by atoms with Crippen LogP contribution >= 0.6 is 11.6 Å². The van der Waals surface area contributed by atoms with Crippen molar-refractivity contribution in [3.8, 4) is 23.3 Å². The van der Waals surface area contributed by atoms with Gasteiger partial charge < -0.3 is 19.9 Å². The maximum atomic E-state index is 14.5. The molecule has 2 aliphatic rings. The molecule has 2 aromatic carbocycles. The van der Waals surface area contributed by atoms with Gasteiger partial charge in [0.2, 0.25) is 12.7 Å². The van der Waals surface area contributed by atoms with Crippen LogP contribution in [-0.2, 0) is 0 Å². The molecule has 4 rings (SSSR count). The SMILES string of the molecule is N#CC1=C(N)Oc2cc3c(cc2C1c1c(F)cccc1Cl)OCO3. The summed E-state index contributed by atoms with van der Waals surface area (Å²) in [6.07, 6.45) is 0. The average Bonchev–Trinajstić information content (AvgIpc) is 3.00. The molecule has 0 fully saturated rings. The zero-order valence-electron chi connectivity index (χ0n) is 12.2. The van der Waals surface area contributed by atoms with Crippen LogP contribution in [0.15, 0.2) is 41.8 Å². The Morgan fingerprint density at radius 3 is 2.67 bits per heavy atom. The van der Waals surface area contributed by atoms with E-state index in [1.54, 1.807) is 18.2 Å². The van der Waals surface area contributed by atoms with Crippen LogP contribution in [-0.4, -0.2) is 6.79 Å². The number of rotatable bonds is 1. The Morgan fingerprint density at radius 1 is 1.21 bits per heavy atom. The standard InChI is InChI=1S/C17H10ClFN2O3/c18-10-2-1-3-11(19)16(10)15-8-4-13-14(23-7-22-13)5-12(8)24-17(21)9(15)6-20/h1-5,15H,7,21H2. The van der Waals surface area contributed by atoms with Crippen molar-refractivity contribution in [3.63, 3.8) is 0 Å². The first-order chi connectivity index (χ1) is 11.6. The highest BCUT2D eigenvalue weighted by molar-refractivity contribution is 6.31. The fourth-order valence-corrected chi connectivity index (χ4v) is 3.20. The number of nitrogens with zero attached hydrogens (tertiary/aromatic N) is 1. The van der Waals surface area contributed by atoms with Crippen LogP contribution < -0.4 is 19.9 Å². The minimum atomic E-state index is -0.790. The van der Waals surface area contributed by atoms with Crippen molar-refractivity contribution in [2.24, 2.45) is 5.73 Å². The van der Waals surface area contributed by atoms with Gasteiger partial charge in [-0.15, -0.1) is 0 Å². The lowest BCUT2D eigenvalue weighted by atomic mass is 9.83. The van der Waals surface area contributed by atoms with E-state index >= 15 is 0 Å². The first-order valence-electron chi connectivity index (χ1n) is 7.05. The van der Waals surface area contributed by atoms with Gasteiger partial charge in [0.05, 0.1) is 5.92 Å².